The molecule has 0 aliphatic heterocycles. The Bertz CT molecular complexity index is 395. The van der Waals surface area contributed by atoms with Gasteiger partial charge in [0.2, 0.25) is 6.41 Å². The average Bonchev–Trinajstić information content (AvgIpc) is 2.37. The molecule has 3 N–H and O–H groups in total. The standard InChI is InChI=1S/C14H21F2N3O/c1-17-4-5-18-3-2-14(19-10-20)8-11-6-12(15)9-13(16)7-11/h6-7,9-10,14,17-18H,2-5,8H2,1H3,(H,19,20)/t14-/m1/s1. The van der Waals surface area contributed by atoms with Crippen molar-refractivity contribution in [3.63, 3.8) is 0 Å². The van der Waals surface area contributed by atoms with Crippen molar-refractivity contribution in [1.82, 2.24) is 16.0 Å². The highest BCUT2D eigenvalue weighted by Gasteiger charge is 2.10. The number of rotatable bonds is 10. The van der Waals surface area contributed by atoms with Crippen LogP contribution in [0.15, 0.2) is 18.2 Å². The Kier molecular flexibility index (Phi) is 7.75. The van der Waals surface area contributed by atoms with Crippen LogP contribution in [0.5, 0.6) is 0 Å². The molecule has 4 nitrogen and oxygen atoms in total. The normalized spacial score (nSPS) is 12.2. The maximum atomic E-state index is 13.1. The maximum absolute atomic E-state index is 13.1. The molecule has 1 aromatic rings. The molecule has 0 saturated carbocycles. The first-order valence-corrected chi connectivity index (χ1v) is 6.65. The molecule has 0 heterocycles. The molecule has 0 aliphatic rings. The molecule has 0 saturated heterocycles. The van der Waals surface area contributed by atoms with Gasteiger partial charge in [-0.1, -0.05) is 0 Å². The number of carbonyl (C=O) groups excluding carboxylic acids is 1. The Morgan fingerprint density at radius 3 is 2.45 bits per heavy atom. The largest absolute Gasteiger partial charge is 0.356 e. The highest BCUT2D eigenvalue weighted by Crippen LogP contribution is 2.11. The van der Waals surface area contributed by atoms with Gasteiger partial charge in [-0.2, -0.15) is 0 Å². The number of likely N-dealkylation sites (N-methyl/N-ethyl adjacent to an activating group) is 1. The minimum atomic E-state index is -0.600. The summed E-state index contributed by atoms with van der Waals surface area (Å²) in [4.78, 5) is 10.6. The molecule has 20 heavy (non-hydrogen) atoms. The molecule has 1 amide bonds. The molecule has 1 atom stereocenters. The van der Waals surface area contributed by atoms with Crippen molar-refractivity contribution in [3.8, 4) is 0 Å². The fourth-order valence-electron chi connectivity index (χ4n) is 1.97. The molecule has 1 aromatic carbocycles. The second-order valence-electron chi connectivity index (χ2n) is 4.61. The van der Waals surface area contributed by atoms with Crippen LogP contribution in [0.2, 0.25) is 0 Å². The van der Waals surface area contributed by atoms with Gasteiger partial charge < -0.3 is 16.0 Å². The predicted molar refractivity (Wildman–Crippen MR) is 74.5 cm³/mol. The van der Waals surface area contributed by atoms with E-state index in [2.05, 4.69) is 16.0 Å². The molecular weight excluding hydrogens is 264 g/mol. The molecule has 0 spiro atoms. The Hall–Kier alpha value is -1.53. The summed E-state index contributed by atoms with van der Waals surface area (Å²) in [5.74, 6) is -1.20. The predicted octanol–water partition coefficient (Wildman–Crippen LogP) is 0.821. The van der Waals surface area contributed by atoms with Gasteiger partial charge in [0.25, 0.3) is 0 Å². The zero-order chi connectivity index (χ0) is 14.8. The van der Waals surface area contributed by atoms with Gasteiger partial charge in [0.1, 0.15) is 11.6 Å². The third kappa shape index (κ3) is 6.58. The number of amides is 1. The monoisotopic (exact) mass is 285 g/mol. The first-order valence-electron chi connectivity index (χ1n) is 6.65. The van der Waals surface area contributed by atoms with Crippen LogP contribution in [0, 0.1) is 11.6 Å². The molecule has 6 heteroatoms. The van der Waals surface area contributed by atoms with Crippen LogP contribution in [-0.4, -0.2) is 39.1 Å². The lowest BCUT2D eigenvalue weighted by atomic mass is 10.0. The van der Waals surface area contributed by atoms with Crippen molar-refractivity contribution in [3.05, 3.63) is 35.4 Å². The van der Waals surface area contributed by atoms with Crippen LogP contribution in [0.25, 0.3) is 0 Å². The molecule has 0 bridgehead atoms. The summed E-state index contributed by atoms with van der Waals surface area (Å²) >= 11 is 0. The summed E-state index contributed by atoms with van der Waals surface area (Å²) in [6, 6.07) is 3.27. The van der Waals surface area contributed by atoms with Crippen LogP contribution in [0.1, 0.15) is 12.0 Å². The Labute approximate surface area is 117 Å². The van der Waals surface area contributed by atoms with Gasteiger partial charge in [0.05, 0.1) is 0 Å². The van der Waals surface area contributed by atoms with Crippen molar-refractivity contribution >= 4 is 6.41 Å². The zero-order valence-electron chi connectivity index (χ0n) is 11.6. The smallest absolute Gasteiger partial charge is 0.207 e. The lowest BCUT2D eigenvalue weighted by Gasteiger charge is -2.16. The number of hydrogen-bond donors (Lipinski definition) is 3. The number of nitrogens with one attached hydrogen (secondary N) is 3. The summed E-state index contributed by atoms with van der Waals surface area (Å²) in [5, 5.41) is 8.91. The Morgan fingerprint density at radius 1 is 1.15 bits per heavy atom. The average molecular weight is 285 g/mol. The summed E-state index contributed by atoms with van der Waals surface area (Å²) in [5.41, 5.74) is 0.539. The maximum Gasteiger partial charge on any atom is 0.207 e. The summed E-state index contributed by atoms with van der Waals surface area (Å²) in [6.45, 7) is 2.42. The third-order valence-corrected chi connectivity index (χ3v) is 2.93. The highest BCUT2D eigenvalue weighted by atomic mass is 19.1. The van der Waals surface area contributed by atoms with Crippen LogP contribution in [0.4, 0.5) is 8.78 Å². The second kappa shape index (κ2) is 9.39. The van der Waals surface area contributed by atoms with E-state index in [1.165, 1.54) is 12.1 Å². The van der Waals surface area contributed by atoms with E-state index >= 15 is 0 Å². The number of hydrogen-bond acceptors (Lipinski definition) is 3. The lowest BCUT2D eigenvalue weighted by molar-refractivity contribution is -0.110. The van der Waals surface area contributed by atoms with Crippen molar-refractivity contribution in [1.29, 1.82) is 0 Å². The van der Waals surface area contributed by atoms with Gasteiger partial charge in [-0.25, -0.2) is 8.78 Å². The van der Waals surface area contributed by atoms with E-state index in [1.54, 1.807) is 0 Å². The number of halogens is 2. The van der Waals surface area contributed by atoms with Crippen LogP contribution < -0.4 is 16.0 Å². The van der Waals surface area contributed by atoms with Gasteiger partial charge in [-0.15, -0.1) is 0 Å². The highest BCUT2D eigenvalue weighted by molar-refractivity contribution is 5.46. The SMILES string of the molecule is CNCCNCC[C@H](Cc1cc(F)cc(F)c1)NC=O. The molecule has 0 aliphatic carbocycles. The first kappa shape index (κ1) is 16.5. The summed E-state index contributed by atoms with van der Waals surface area (Å²) in [7, 11) is 1.87. The van der Waals surface area contributed by atoms with Crippen molar-refractivity contribution in [2.24, 2.45) is 0 Å². The summed E-state index contributed by atoms with van der Waals surface area (Å²) in [6.07, 6.45) is 1.72. The molecular formula is C14H21F2N3O. The van der Waals surface area contributed by atoms with E-state index in [4.69, 9.17) is 0 Å². The van der Waals surface area contributed by atoms with E-state index in [-0.39, 0.29) is 6.04 Å². The van der Waals surface area contributed by atoms with Crippen molar-refractivity contribution in [2.45, 2.75) is 18.9 Å². The second-order valence-corrected chi connectivity index (χ2v) is 4.61. The number of benzene rings is 1. The van der Waals surface area contributed by atoms with Gasteiger partial charge in [0, 0.05) is 25.2 Å². The van der Waals surface area contributed by atoms with Crippen LogP contribution >= 0.6 is 0 Å². The van der Waals surface area contributed by atoms with Crippen LogP contribution in [0.3, 0.4) is 0 Å². The van der Waals surface area contributed by atoms with E-state index in [9.17, 15) is 13.6 Å². The van der Waals surface area contributed by atoms with Gasteiger partial charge in [0.15, 0.2) is 0 Å². The summed E-state index contributed by atoms with van der Waals surface area (Å²) < 4.78 is 26.2. The molecule has 0 unspecified atom stereocenters. The molecule has 1 rings (SSSR count). The minimum Gasteiger partial charge on any atom is -0.356 e. The first-order chi connectivity index (χ1) is 9.65. The van der Waals surface area contributed by atoms with E-state index < -0.39 is 11.6 Å². The van der Waals surface area contributed by atoms with Crippen LogP contribution in [-0.2, 0) is 11.2 Å². The Balaban J connectivity index is 2.46. The van der Waals surface area contributed by atoms with Crippen molar-refractivity contribution < 1.29 is 13.6 Å². The fraction of sp³-hybridized carbons (Fsp3) is 0.500. The topological polar surface area (TPSA) is 53.2 Å². The molecule has 112 valence electrons. The van der Waals surface area contributed by atoms with Crippen molar-refractivity contribution in [2.75, 3.05) is 26.7 Å². The van der Waals surface area contributed by atoms with E-state index in [0.29, 0.717) is 24.8 Å². The Morgan fingerprint density at radius 2 is 1.85 bits per heavy atom. The molecule has 0 aromatic heterocycles. The van der Waals surface area contributed by atoms with E-state index in [0.717, 1.165) is 25.7 Å². The van der Waals surface area contributed by atoms with Gasteiger partial charge in [-0.05, 0) is 44.1 Å². The quantitative estimate of drug-likeness (QED) is 0.441. The lowest BCUT2D eigenvalue weighted by Crippen LogP contribution is -2.35. The molecule has 0 radical (unpaired) electrons. The molecule has 0 fully saturated rings. The fourth-order valence-corrected chi connectivity index (χ4v) is 1.97. The zero-order valence-corrected chi connectivity index (χ0v) is 11.6. The van der Waals surface area contributed by atoms with Gasteiger partial charge >= 0.3 is 0 Å². The van der Waals surface area contributed by atoms with E-state index in [1.807, 2.05) is 7.05 Å². The minimum absolute atomic E-state index is 0.143. The van der Waals surface area contributed by atoms with Gasteiger partial charge in [-0.3, -0.25) is 4.79 Å². The number of carbonyl (C=O) groups is 1. The third-order valence-electron chi connectivity index (χ3n) is 2.93.